The van der Waals surface area contributed by atoms with Crippen molar-refractivity contribution < 1.29 is 33.0 Å². The van der Waals surface area contributed by atoms with Crippen molar-refractivity contribution >= 4 is 35.0 Å². The van der Waals surface area contributed by atoms with E-state index in [1.807, 2.05) is 0 Å². The highest BCUT2D eigenvalue weighted by molar-refractivity contribution is 6.34. The van der Waals surface area contributed by atoms with Crippen molar-refractivity contribution in [2.75, 3.05) is 38.1 Å². The molecule has 12 nitrogen and oxygen atoms in total. The minimum Gasteiger partial charge on any atom is -0.476 e. The van der Waals surface area contributed by atoms with E-state index in [9.17, 15) is 28.3 Å². The van der Waals surface area contributed by atoms with Crippen molar-refractivity contribution in [2.45, 2.75) is 12.5 Å². The molecule has 0 spiro atoms. The zero-order chi connectivity index (χ0) is 30.2. The third-order valence-electron chi connectivity index (χ3n) is 6.39. The number of nitrogens with one attached hydrogen (secondary N) is 5. The van der Waals surface area contributed by atoms with Crippen LogP contribution < -0.4 is 26.0 Å². The molecule has 0 saturated carbocycles. The molecule has 2 atom stereocenters. The minimum absolute atomic E-state index is 0.0246. The molecule has 1 saturated heterocycles. The number of carbonyl (C=O) groups excluding carboxylic acids is 3. The second-order valence-corrected chi connectivity index (χ2v) is 9.60. The number of aromatic nitrogens is 2. The van der Waals surface area contributed by atoms with Crippen molar-refractivity contribution in [1.29, 1.82) is 5.26 Å². The Bertz CT molecular complexity index is 1530. The van der Waals surface area contributed by atoms with Gasteiger partial charge in [-0.25, -0.2) is 9.37 Å². The summed E-state index contributed by atoms with van der Waals surface area (Å²) in [5.74, 6) is -5.15. The van der Waals surface area contributed by atoms with E-state index < -0.39 is 47.8 Å². The first-order valence-corrected chi connectivity index (χ1v) is 13.2. The fourth-order valence-electron chi connectivity index (χ4n) is 4.24. The third-order valence-corrected chi connectivity index (χ3v) is 6.70. The Hall–Kier alpha value is -4.58. The minimum atomic E-state index is -1.29. The monoisotopic (exact) mass is 601 g/mol. The molecule has 1 fully saturated rings. The molecule has 42 heavy (non-hydrogen) atoms. The van der Waals surface area contributed by atoms with E-state index in [-0.39, 0.29) is 52.4 Å². The van der Waals surface area contributed by atoms with Crippen LogP contribution in [0.4, 0.5) is 14.5 Å². The number of nitrogens with zero attached hydrogens (tertiary/aromatic N) is 2. The summed E-state index contributed by atoms with van der Waals surface area (Å²) < 4.78 is 33.6. The van der Waals surface area contributed by atoms with Gasteiger partial charge in [-0.3, -0.25) is 14.4 Å². The van der Waals surface area contributed by atoms with Gasteiger partial charge in [-0.15, -0.1) is 0 Å². The summed E-state index contributed by atoms with van der Waals surface area (Å²) in [6.07, 6.45) is 0.911. The van der Waals surface area contributed by atoms with E-state index >= 15 is 0 Å². The molecule has 1 aromatic heterocycles. The molecule has 15 heteroatoms. The lowest BCUT2D eigenvalue weighted by atomic mass is 9.94. The molecule has 3 aromatic rings. The predicted octanol–water partition coefficient (Wildman–Crippen LogP) is 1.98. The highest BCUT2D eigenvalue weighted by atomic mass is 35.5. The van der Waals surface area contributed by atoms with E-state index in [1.54, 1.807) is 6.07 Å². The molecular weight excluding hydrogens is 576 g/mol. The fourth-order valence-corrected chi connectivity index (χ4v) is 4.50. The number of ether oxygens (including phenoxy) is 1. The molecule has 1 aliphatic heterocycles. The topological polar surface area (TPSA) is 181 Å². The van der Waals surface area contributed by atoms with Crippen molar-refractivity contribution in [1.82, 2.24) is 25.9 Å². The van der Waals surface area contributed by atoms with Crippen molar-refractivity contribution in [2.24, 2.45) is 5.92 Å². The van der Waals surface area contributed by atoms with Crippen LogP contribution in [0.25, 0.3) is 11.3 Å². The van der Waals surface area contributed by atoms with Gasteiger partial charge in [-0.1, -0.05) is 11.6 Å². The number of rotatable bonds is 10. The number of imidazole rings is 1. The second-order valence-electron chi connectivity index (χ2n) is 9.19. The van der Waals surface area contributed by atoms with Gasteiger partial charge in [0.15, 0.2) is 24.0 Å². The molecule has 0 unspecified atom stereocenters. The van der Waals surface area contributed by atoms with Crippen LogP contribution in [0.5, 0.6) is 5.75 Å². The molecule has 6 N–H and O–H groups in total. The van der Waals surface area contributed by atoms with Crippen LogP contribution >= 0.6 is 11.6 Å². The molecule has 220 valence electrons. The van der Waals surface area contributed by atoms with Gasteiger partial charge in [-0.2, -0.15) is 9.65 Å². The summed E-state index contributed by atoms with van der Waals surface area (Å²) in [6.45, 7) is 0.824. The number of aliphatic hydroxyl groups excluding tert-OH is 1. The van der Waals surface area contributed by atoms with Gasteiger partial charge < -0.3 is 36.1 Å². The quantitative estimate of drug-likeness (QED) is 0.191. The van der Waals surface area contributed by atoms with Gasteiger partial charge in [0, 0.05) is 30.9 Å². The Labute approximate surface area is 243 Å². The molecule has 1 aliphatic rings. The van der Waals surface area contributed by atoms with Gasteiger partial charge in [-0.05, 0) is 43.3 Å². The maximum Gasteiger partial charge on any atom is 0.291 e. The van der Waals surface area contributed by atoms with Crippen molar-refractivity contribution in [3.63, 3.8) is 0 Å². The average molecular weight is 602 g/mol. The molecule has 2 heterocycles. The standard InChI is InChI=1S/C27H26ClF2N7O5/c28-18-11-14(1-2-15(18)25(39)33-8-9-34-26(40)17-5-7-32-13-20(17)38)36-27(41)24-35-12-19(37-24)16-3-4-21(42-10-6-31)23(30)22(16)29/h1-4,11-12,17,20,32,38H,5,7-10,13H2,(H,33,39)(H,34,40)(H,35,37)(H,36,41)/t17-,20+/m0/s1. The Kier molecular flexibility index (Phi) is 10.0. The van der Waals surface area contributed by atoms with Crippen LogP contribution in [0.15, 0.2) is 36.5 Å². The zero-order valence-corrected chi connectivity index (χ0v) is 22.7. The maximum atomic E-state index is 14.5. The number of nitriles is 1. The molecule has 0 radical (unpaired) electrons. The first kappa shape index (κ1) is 30.4. The van der Waals surface area contributed by atoms with Crippen molar-refractivity contribution in [3.8, 4) is 23.1 Å². The summed E-state index contributed by atoms with van der Waals surface area (Å²) in [4.78, 5) is 44.0. The number of hydrogen-bond acceptors (Lipinski definition) is 8. The van der Waals surface area contributed by atoms with E-state index in [4.69, 9.17) is 21.6 Å². The fraction of sp³-hybridized carbons (Fsp3) is 0.296. The van der Waals surface area contributed by atoms with Gasteiger partial charge in [0.25, 0.3) is 11.8 Å². The summed E-state index contributed by atoms with van der Waals surface area (Å²) in [5, 5.41) is 29.4. The lowest BCUT2D eigenvalue weighted by Crippen LogP contribution is -2.48. The predicted molar refractivity (Wildman–Crippen MR) is 147 cm³/mol. The number of amides is 3. The normalized spacial score (nSPS) is 16.3. The molecule has 0 bridgehead atoms. The second kappa shape index (κ2) is 13.9. The number of aliphatic hydroxyl groups is 1. The van der Waals surface area contributed by atoms with Crippen LogP contribution in [-0.2, 0) is 4.79 Å². The number of H-pyrrole nitrogens is 1. The number of hydrogen-bond donors (Lipinski definition) is 6. The summed E-state index contributed by atoms with van der Waals surface area (Å²) >= 11 is 6.25. The molecule has 3 amide bonds. The van der Waals surface area contributed by atoms with Gasteiger partial charge >= 0.3 is 0 Å². The van der Waals surface area contributed by atoms with Crippen LogP contribution in [0.1, 0.15) is 27.4 Å². The maximum absolute atomic E-state index is 14.5. The SMILES string of the molecule is N#CCOc1ccc(-c2cnc(C(=O)Nc3ccc(C(=O)NCCNC(=O)[C@H]4CCNC[C@H]4O)c(Cl)c3)[nH]2)c(F)c1F. The van der Waals surface area contributed by atoms with E-state index in [1.165, 1.54) is 24.3 Å². The molecule has 0 aliphatic carbocycles. The number of piperidine rings is 1. The smallest absolute Gasteiger partial charge is 0.291 e. The van der Waals surface area contributed by atoms with Crippen LogP contribution in [0.3, 0.4) is 0 Å². The van der Waals surface area contributed by atoms with E-state index in [0.29, 0.717) is 19.5 Å². The van der Waals surface area contributed by atoms with Gasteiger partial charge in [0.1, 0.15) is 6.07 Å². The van der Waals surface area contributed by atoms with Crippen LogP contribution in [0.2, 0.25) is 5.02 Å². The Morgan fingerprint density at radius 3 is 2.67 bits per heavy atom. The average Bonchev–Trinajstić information content (AvgIpc) is 3.46. The Balaban J connectivity index is 1.31. The Morgan fingerprint density at radius 1 is 1.14 bits per heavy atom. The highest BCUT2D eigenvalue weighted by Gasteiger charge is 2.29. The number of benzene rings is 2. The number of halogens is 3. The lowest BCUT2D eigenvalue weighted by Gasteiger charge is -2.27. The van der Waals surface area contributed by atoms with Crippen molar-refractivity contribution in [3.05, 3.63) is 64.6 Å². The molecular formula is C27H26ClF2N7O5. The lowest BCUT2D eigenvalue weighted by molar-refractivity contribution is -0.129. The van der Waals surface area contributed by atoms with E-state index in [2.05, 4.69) is 31.2 Å². The highest BCUT2D eigenvalue weighted by Crippen LogP contribution is 2.29. The van der Waals surface area contributed by atoms with Crippen LogP contribution in [-0.4, -0.2) is 71.7 Å². The number of β-amino-alcohol motifs (C(OH)–C–C–N with tert-alkyl or cyclic N) is 1. The molecule has 4 rings (SSSR count). The summed E-state index contributed by atoms with van der Waals surface area (Å²) in [5.41, 5.74) is 0.194. The Morgan fingerprint density at radius 2 is 1.93 bits per heavy atom. The third kappa shape index (κ3) is 7.19. The number of anilines is 1. The van der Waals surface area contributed by atoms with E-state index in [0.717, 1.165) is 12.3 Å². The van der Waals surface area contributed by atoms with Gasteiger partial charge in [0.05, 0.1) is 34.5 Å². The first-order chi connectivity index (χ1) is 20.2. The summed E-state index contributed by atoms with van der Waals surface area (Å²) in [6, 6.07) is 8.23. The summed E-state index contributed by atoms with van der Waals surface area (Å²) in [7, 11) is 0. The molecule has 2 aromatic carbocycles. The zero-order valence-electron chi connectivity index (χ0n) is 22.0. The van der Waals surface area contributed by atoms with Crippen LogP contribution in [0, 0.1) is 28.9 Å². The first-order valence-electron chi connectivity index (χ1n) is 12.8. The number of carbonyl (C=O) groups is 3. The largest absolute Gasteiger partial charge is 0.476 e. The number of aromatic amines is 1. The van der Waals surface area contributed by atoms with Gasteiger partial charge in [0.2, 0.25) is 11.7 Å².